The summed E-state index contributed by atoms with van der Waals surface area (Å²) in [5.74, 6) is 0.116. The number of hydrogen-bond acceptors (Lipinski definition) is 1. The van der Waals surface area contributed by atoms with Crippen LogP contribution < -0.4 is 0 Å². The Kier molecular flexibility index (Phi) is 2.23. The smallest absolute Gasteiger partial charge is 0.128 e. The molecule has 3 heteroatoms. The number of rotatable bonds is 2. The van der Waals surface area contributed by atoms with E-state index < -0.39 is 0 Å². The van der Waals surface area contributed by atoms with Gasteiger partial charge in [0.2, 0.25) is 0 Å². The molecule has 1 unspecified atom stereocenters. The van der Waals surface area contributed by atoms with E-state index in [4.69, 9.17) is 0 Å². The molecule has 0 amide bonds. The van der Waals surface area contributed by atoms with Crippen molar-refractivity contribution < 1.29 is 4.39 Å². The molecule has 1 N–H and O–H groups in total. The molecular weight excluding hydrogens is 179 g/mol. The highest BCUT2D eigenvalue weighted by Gasteiger charge is 2.10. The van der Waals surface area contributed by atoms with E-state index in [1.165, 1.54) is 6.07 Å². The predicted octanol–water partition coefficient (Wildman–Crippen LogP) is 3.22. The van der Waals surface area contributed by atoms with Gasteiger partial charge in [-0.15, -0.1) is 0 Å². The van der Waals surface area contributed by atoms with Gasteiger partial charge in [-0.05, 0) is 30.0 Å². The minimum absolute atomic E-state index is 0.142. The van der Waals surface area contributed by atoms with Gasteiger partial charge in [-0.2, -0.15) is 5.10 Å². The van der Waals surface area contributed by atoms with Gasteiger partial charge in [0.05, 0.1) is 11.7 Å². The summed E-state index contributed by atoms with van der Waals surface area (Å²) in [5, 5.41) is 7.61. The Labute approximate surface area is 82.1 Å². The summed E-state index contributed by atoms with van der Waals surface area (Å²) in [6.07, 6.45) is 2.67. The van der Waals surface area contributed by atoms with Crippen LogP contribution in [0.3, 0.4) is 0 Å². The van der Waals surface area contributed by atoms with Crippen molar-refractivity contribution in [1.82, 2.24) is 10.2 Å². The lowest BCUT2D eigenvalue weighted by atomic mass is 9.97. The van der Waals surface area contributed by atoms with E-state index in [1.807, 2.05) is 13.0 Å². The van der Waals surface area contributed by atoms with Crippen LogP contribution >= 0.6 is 0 Å². The number of halogens is 1. The highest BCUT2D eigenvalue weighted by Crippen LogP contribution is 2.25. The molecular formula is C11H13FN2. The van der Waals surface area contributed by atoms with Crippen molar-refractivity contribution in [2.45, 2.75) is 26.2 Å². The van der Waals surface area contributed by atoms with Crippen molar-refractivity contribution in [2.24, 2.45) is 0 Å². The quantitative estimate of drug-likeness (QED) is 0.777. The first-order valence-electron chi connectivity index (χ1n) is 4.85. The molecule has 2 aromatic rings. The topological polar surface area (TPSA) is 28.7 Å². The minimum Gasteiger partial charge on any atom is -0.278 e. The van der Waals surface area contributed by atoms with Crippen molar-refractivity contribution in [3.05, 3.63) is 29.7 Å². The maximum Gasteiger partial charge on any atom is 0.128 e. The number of benzene rings is 1. The fraction of sp³-hybridized carbons (Fsp3) is 0.364. The summed E-state index contributed by atoms with van der Waals surface area (Å²) < 4.78 is 13.6. The lowest BCUT2D eigenvalue weighted by molar-refractivity contribution is 0.585. The van der Waals surface area contributed by atoms with E-state index >= 15 is 0 Å². The summed E-state index contributed by atoms with van der Waals surface area (Å²) in [4.78, 5) is 0. The average Bonchev–Trinajstić information content (AvgIpc) is 2.62. The Morgan fingerprint density at radius 2 is 2.29 bits per heavy atom. The van der Waals surface area contributed by atoms with Crippen molar-refractivity contribution >= 4 is 10.9 Å². The van der Waals surface area contributed by atoms with Crippen molar-refractivity contribution in [2.75, 3.05) is 0 Å². The van der Waals surface area contributed by atoms with Crippen LogP contribution in [0.1, 0.15) is 31.7 Å². The second kappa shape index (κ2) is 3.40. The third kappa shape index (κ3) is 1.39. The Balaban J connectivity index is 2.58. The van der Waals surface area contributed by atoms with Gasteiger partial charge in [-0.25, -0.2) is 4.39 Å². The zero-order valence-electron chi connectivity index (χ0n) is 8.34. The fourth-order valence-electron chi connectivity index (χ4n) is 1.58. The van der Waals surface area contributed by atoms with Crippen LogP contribution in [0.25, 0.3) is 10.9 Å². The Morgan fingerprint density at radius 1 is 1.50 bits per heavy atom. The van der Waals surface area contributed by atoms with Crippen molar-refractivity contribution in [3.8, 4) is 0 Å². The Hall–Kier alpha value is -1.38. The van der Waals surface area contributed by atoms with Crippen LogP contribution in [0.15, 0.2) is 18.3 Å². The maximum atomic E-state index is 13.6. The number of aromatic amines is 1. The summed E-state index contributed by atoms with van der Waals surface area (Å²) >= 11 is 0. The molecule has 14 heavy (non-hydrogen) atoms. The van der Waals surface area contributed by atoms with E-state index in [1.54, 1.807) is 6.20 Å². The normalized spacial score (nSPS) is 13.4. The number of nitrogens with one attached hydrogen (secondary N) is 1. The molecule has 1 aromatic carbocycles. The van der Waals surface area contributed by atoms with Gasteiger partial charge in [-0.1, -0.05) is 13.8 Å². The van der Waals surface area contributed by atoms with E-state index in [-0.39, 0.29) is 11.7 Å². The highest BCUT2D eigenvalue weighted by molar-refractivity contribution is 5.78. The van der Waals surface area contributed by atoms with Gasteiger partial charge in [0.25, 0.3) is 0 Å². The molecule has 0 bridgehead atoms. The molecule has 1 heterocycles. The first-order valence-corrected chi connectivity index (χ1v) is 4.85. The number of aromatic nitrogens is 2. The molecule has 0 fully saturated rings. The first-order chi connectivity index (χ1) is 6.72. The predicted molar refractivity (Wildman–Crippen MR) is 54.8 cm³/mol. The number of H-pyrrole nitrogens is 1. The Bertz CT molecular complexity index is 447. The second-order valence-corrected chi connectivity index (χ2v) is 3.64. The summed E-state index contributed by atoms with van der Waals surface area (Å²) in [5.41, 5.74) is 1.54. The van der Waals surface area contributed by atoms with Crippen LogP contribution in [0.4, 0.5) is 4.39 Å². The molecule has 1 aromatic heterocycles. The van der Waals surface area contributed by atoms with Gasteiger partial charge >= 0.3 is 0 Å². The standard InChI is InChI=1S/C11H13FN2/c1-3-7(2)9-4-8-6-13-14-11(8)5-10(9)12/h4-7H,3H2,1-2H3,(H,13,14). The number of fused-ring (bicyclic) bond motifs is 1. The van der Waals surface area contributed by atoms with Gasteiger partial charge in [-0.3, -0.25) is 5.10 Å². The molecule has 0 spiro atoms. The van der Waals surface area contributed by atoms with E-state index in [0.717, 1.165) is 22.9 Å². The summed E-state index contributed by atoms with van der Waals surface area (Å²) in [6.45, 7) is 4.09. The molecule has 0 aliphatic carbocycles. The molecule has 74 valence electrons. The lowest BCUT2D eigenvalue weighted by Gasteiger charge is -2.09. The fourth-order valence-corrected chi connectivity index (χ4v) is 1.58. The first kappa shape index (κ1) is 9.19. The minimum atomic E-state index is -0.142. The number of nitrogens with zero attached hydrogens (tertiary/aromatic N) is 1. The van der Waals surface area contributed by atoms with Gasteiger partial charge in [0.1, 0.15) is 5.82 Å². The van der Waals surface area contributed by atoms with Crippen molar-refractivity contribution in [3.63, 3.8) is 0 Å². The van der Waals surface area contributed by atoms with E-state index in [0.29, 0.717) is 0 Å². The molecule has 0 aliphatic rings. The van der Waals surface area contributed by atoms with Crippen LogP contribution in [0, 0.1) is 5.82 Å². The SMILES string of the molecule is CCC(C)c1cc2cn[nH]c2cc1F. The molecule has 0 radical (unpaired) electrons. The molecule has 0 saturated carbocycles. The van der Waals surface area contributed by atoms with Gasteiger partial charge < -0.3 is 0 Å². The second-order valence-electron chi connectivity index (χ2n) is 3.64. The maximum absolute atomic E-state index is 13.6. The van der Waals surface area contributed by atoms with Crippen LogP contribution in [0.5, 0.6) is 0 Å². The average molecular weight is 192 g/mol. The zero-order chi connectivity index (χ0) is 10.1. The third-order valence-electron chi connectivity index (χ3n) is 2.70. The molecule has 2 nitrogen and oxygen atoms in total. The van der Waals surface area contributed by atoms with E-state index in [9.17, 15) is 4.39 Å². The molecule has 0 aliphatic heterocycles. The van der Waals surface area contributed by atoms with E-state index in [2.05, 4.69) is 17.1 Å². The Morgan fingerprint density at radius 3 is 3.00 bits per heavy atom. The van der Waals surface area contributed by atoms with Gasteiger partial charge in [0, 0.05) is 5.39 Å². The summed E-state index contributed by atoms with van der Waals surface area (Å²) in [7, 11) is 0. The highest BCUT2D eigenvalue weighted by atomic mass is 19.1. The van der Waals surface area contributed by atoms with Crippen LogP contribution in [-0.2, 0) is 0 Å². The molecule has 2 rings (SSSR count). The molecule has 1 atom stereocenters. The largest absolute Gasteiger partial charge is 0.278 e. The molecule has 0 saturated heterocycles. The summed E-state index contributed by atoms with van der Waals surface area (Å²) in [6, 6.07) is 3.40. The van der Waals surface area contributed by atoms with Crippen molar-refractivity contribution in [1.29, 1.82) is 0 Å². The monoisotopic (exact) mass is 192 g/mol. The third-order valence-corrected chi connectivity index (χ3v) is 2.70. The number of hydrogen-bond donors (Lipinski definition) is 1. The lowest BCUT2D eigenvalue weighted by Crippen LogP contribution is -1.95. The zero-order valence-corrected chi connectivity index (χ0v) is 8.34. The van der Waals surface area contributed by atoms with Crippen LogP contribution in [-0.4, -0.2) is 10.2 Å². The van der Waals surface area contributed by atoms with Gasteiger partial charge in [0.15, 0.2) is 0 Å². The van der Waals surface area contributed by atoms with Crippen LogP contribution in [0.2, 0.25) is 0 Å².